The Hall–Kier alpha value is 0. The van der Waals surface area contributed by atoms with Gasteiger partial charge in [-0.2, -0.15) is 0 Å². The Morgan fingerprint density at radius 1 is 0.583 bits per heavy atom. The van der Waals surface area contributed by atoms with Crippen molar-refractivity contribution in [1.82, 2.24) is 0 Å². The van der Waals surface area contributed by atoms with Gasteiger partial charge >= 0.3 is 0 Å². The molecule has 0 aliphatic heterocycles. The fraction of sp³-hybridized carbons (Fsp3) is 1.00. The standard InChI is InChI=1S/C24H44/c1-20-23-16-12-7-5-3-2-4-6-9-15-22(18-23)19-24(20)17-21-13-10-8-11-14-21/h20-24H,2-19H2,1H3. The summed E-state index contributed by atoms with van der Waals surface area (Å²) in [6, 6.07) is 0. The summed E-state index contributed by atoms with van der Waals surface area (Å²) in [6.07, 6.45) is 27.7. The molecule has 3 fully saturated rings. The van der Waals surface area contributed by atoms with Crippen molar-refractivity contribution in [3.63, 3.8) is 0 Å². The molecule has 140 valence electrons. The lowest BCUT2D eigenvalue weighted by molar-refractivity contribution is 0.0799. The molecule has 0 heterocycles. The Balaban J connectivity index is 1.57. The van der Waals surface area contributed by atoms with Crippen molar-refractivity contribution in [3.05, 3.63) is 0 Å². The van der Waals surface area contributed by atoms with E-state index in [1.807, 2.05) is 0 Å². The Morgan fingerprint density at radius 2 is 1.12 bits per heavy atom. The van der Waals surface area contributed by atoms with Crippen molar-refractivity contribution < 1.29 is 0 Å². The van der Waals surface area contributed by atoms with Gasteiger partial charge in [-0.1, -0.05) is 103 Å². The van der Waals surface area contributed by atoms with Crippen molar-refractivity contribution >= 4 is 0 Å². The highest BCUT2D eigenvalue weighted by molar-refractivity contribution is 4.86. The zero-order chi connectivity index (χ0) is 16.6. The molecular weight excluding hydrogens is 288 g/mol. The molecule has 4 atom stereocenters. The fourth-order valence-corrected chi connectivity index (χ4v) is 6.45. The fourth-order valence-electron chi connectivity index (χ4n) is 6.45. The van der Waals surface area contributed by atoms with Crippen LogP contribution in [0.4, 0.5) is 0 Å². The van der Waals surface area contributed by atoms with Crippen LogP contribution in [0, 0.1) is 29.6 Å². The Kier molecular flexibility index (Phi) is 8.00. The molecule has 4 unspecified atom stereocenters. The van der Waals surface area contributed by atoms with Gasteiger partial charge in [0.15, 0.2) is 0 Å². The van der Waals surface area contributed by atoms with Gasteiger partial charge in [0.25, 0.3) is 0 Å². The van der Waals surface area contributed by atoms with E-state index in [9.17, 15) is 0 Å². The van der Waals surface area contributed by atoms with Gasteiger partial charge in [0.2, 0.25) is 0 Å². The third kappa shape index (κ3) is 5.77. The summed E-state index contributed by atoms with van der Waals surface area (Å²) >= 11 is 0. The molecule has 0 aromatic heterocycles. The molecule has 0 aromatic rings. The summed E-state index contributed by atoms with van der Waals surface area (Å²) in [5.41, 5.74) is 0. The minimum absolute atomic E-state index is 1.02. The predicted molar refractivity (Wildman–Crippen MR) is 106 cm³/mol. The van der Waals surface area contributed by atoms with E-state index in [-0.39, 0.29) is 0 Å². The van der Waals surface area contributed by atoms with Crippen LogP contribution in [0.15, 0.2) is 0 Å². The lowest BCUT2D eigenvalue weighted by atomic mass is 9.63. The first-order chi connectivity index (χ1) is 11.8. The molecule has 0 nitrogen and oxygen atoms in total. The van der Waals surface area contributed by atoms with Gasteiger partial charge in [0, 0.05) is 0 Å². The third-order valence-electron chi connectivity index (χ3n) is 8.06. The number of rotatable bonds is 2. The molecule has 2 bridgehead atoms. The largest absolute Gasteiger partial charge is 0.0620 e. The van der Waals surface area contributed by atoms with Crippen molar-refractivity contribution in [3.8, 4) is 0 Å². The van der Waals surface area contributed by atoms with E-state index < -0.39 is 0 Å². The number of fused-ring (bicyclic) bond motifs is 2. The Morgan fingerprint density at radius 3 is 1.83 bits per heavy atom. The SMILES string of the molecule is CC1C2CCCCCCCCCCC(C2)CC1CC1CCCCC1. The first-order valence-corrected chi connectivity index (χ1v) is 11.8. The first kappa shape index (κ1) is 18.8. The molecule has 0 saturated heterocycles. The highest BCUT2D eigenvalue weighted by atomic mass is 14.4. The lowest BCUT2D eigenvalue weighted by Gasteiger charge is -2.42. The summed E-state index contributed by atoms with van der Waals surface area (Å²) in [7, 11) is 0. The molecule has 3 aliphatic carbocycles. The van der Waals surface area contributed by atoms with E-state index in [4.69, 9.17) is 0 Å². The minimum Gasteiger partial charge on any atom is -0.0620 e. The third-order valence-corrected chi connectivity index (χ3v) is 8.06. The van der Waals surface area contributed by atoms with Gasteiger partial charge in [0.1, 0.15) is 0 Å². The highest BCUT2D eigenvalue weighted by Gasteiger charge is 2.35. The molecule has 0 spiro atoms. The van der Waals surface area contributed by atoms with Crippen molar-refractivity contribution in [2.45, 2.75) is 122 Å². The second kappa shape index (κ2) is 10.2. The lowest BCUT2D eigenvalue weighted by Crippen LogP contribution is -2.32. The van der Waals surface area contributed by atoms with Gasteiger partial charge in [-0.05, 0) is 48.9 Å². The van der Waals surface area contributed by atoms with E-state index >= 15 is 0 Å². The maximum absolute atomic E-state index is 2.65. The molecule has 0 heteroatoms. The van der Waals surface area contributed by atoms with Crippen LogP contribution in [-0.4, -0.2) is 0 Å². The predicted octanol–water partition coefficient (Wildman–Crippen LogP) is 8.15. The van der Waals surface area contributed by atoms with Crippen LogP contribution >= 0.6 is 0 Å². The Labute approximate surface area is 152 Å². The quantitative estimate of drug-likeness (QED) is 0.478. The van der Waals surface area contributed by atoms with Gasteiger partial charge in [-0.15, -0.1) is 0 Å². The summed E-state index contributed by atoms with van der Waals surface area (Å²) in [5, 5.41) is 0. The molecule has 0 aromatic carbocycles. The van der Waals surface area contributed by atoms with Crippen LogP contribution in [0.1, 0.15) is 122 Å². The molecule has 24 heavy (non-hydrogen) atoms. The average molecular weight is 333 g/mol. The zero-order valence-corrected chi connectivity index (χ0v) is 16.6. The Bertz CT molecular complexity index is 327. The molecule has 3 rings (SSSR count). The smallest absolute Gasteiger partial charge is 0.0381 e. The summed E-state index contributed by atoms with van der Waals surface area (Å²) in [4.78, 5) is 0. The summed E-state index contributed by atoms with van der Waals surface area (Å²) in [6.45, 7) is 2.65. The van der Waals surface area contributed by atoms with Gasteiger partial charge in [0.05, 0.1) is 0 Å². The summed E-state index contributed by atoms with van der Waals surface area (Å²) < 4.78 is 0. The molecule has 3 saturated carbocycles. The molecule has 3 aliphatic rings. The topological polar surface area (TPSA) is 0 Å². The van der Waals surface area contributed by atoms with Gasteiger partial charge in [-0.25, -0.2) is 0 Å². The van der Waals surface area contributed by atoms with Crippen LogP contribution in [0.2, 0.25) is 0 Å². The molecular formula is C24H44. The van der Waals surface area contributed by atoms with E-state index in [2.05, 4.69) is 6.92 Å². The van der Waals surface area contributed by atoms with Crippen LogP contribution < -0.4 is 0 Å². The second-order valence-electron chi connectivity index (χ2n) is 9.86. The number of hydrogen-bond donors (Lipinski definition) is 0. The van der Waals surface area contributed by atoms with Crippen LogP contribution in [-0.2, 0) is 0 Å². The second-order valence-corrected chi connectivity index (χ2v) is 9.86. The van der Waals surface area contributed by atoms with Gasteiger partial charge in [-0.3, -0.25) is 0 Å². The maximum Gasteiger partial charge on any atom is -0.0381 e. The van der Waals surface area contributed by atoms with Crippen molar-refractivity contribution in [2.24, 2.45) is 29.6 Å². The van der Waals surface area contributed by atoms with Crippen LogP contribution in [0.25, 0.3) is 0 Å². The normalized spacial score (nSPS) is 37.9. The van der Waals surface area contributed by atoms with Crippen LogP contribution in [0.5, 0.6) is 0 Å². The minimum atomic E-state index is 1.02. The van der Waals surface area contributed by atoms with Gasteiger partial charge < -0.3 is 0 Å². The zero-order valence-electron chi connectivity index (χ0n) is 16.6. The highest BCUT2D eigenvalue weighted by Crippen LogP contribution is 2.46. The first-order valence-electron chi connectivity index (χ1n) is 11.8. The average Bonchev–Trinajstić information content (AvgIpc) is 2.62. The molecule has 0 N–H and O–H groups in total. The number of hydrogen-bond acceptors (Lipinski definition) is 0. The molecule has 0 amide bonds. The van der Waals surface area contributed by atoms with E-state index in [1.54, 1.807) is 44.9 Å². The van der Waals surface area contributed by atoms with Crippen molar-refractivity contribution in [2.75, 3.05) is 0 Å². The maximum atomic E-state index is 2.65. The monoisotopic (exact) mass is 332 g/mol. The van der Waals surface area contributed by atoms with E-state index in [0.29, 0.717) is 0 Å². The van der Waals surface area contributed by atoms with Crippen LogP contribution in [0.3, 0.4) is 0 Å². The van der Waals surface area contributed by atoms with E-state index in [0.717, 1.165) is 29.6 Å². The summed E-state index contributed by atoms with van der Waals surface area (Å²) in [5.74, 6) is 5.33. The van der Waals surface area contributed by atoms with Crippen molar-refractivity contribution in [1.29, 1.82) is 0 Å². The van der Waals surface area contributed by atoms with E-state index in [1.165, 1.54) is 70.6 Å². The molecule has 0 radical (unpaired) electrons.